The molecular formula is C18H26ClN3O. The summed E-state index contributed by atoms with van der Waals surface area (Å²) in [5.74, 6) is 0.0918. The first kappa shape index (κ1) is 16.7. The van der Waals surface area contributed by atoms with Crippen molar-refractivity contribution in [2.75, 3.05) is 26.2 Å². The van der Waals surface area contributed by atoms with E-state index in [2.05, 4.69) is 15.1 Å². The predicted octanol–water partition coefficient (Wildman–Crippen LogP) is 2.51. The minimum Gasteiger partial charge on any atom is -0.351 e. The number of halogens is 1. The lowest BCUT2D eigenvalue weighted by Gasteiger charge is -2.45. The largest absolute Gasteiger partial charge is 0.351 e. The van der Waals surface area contributed by atoms with Crippen LogP contribution in [0.4, 0.5) is 0 Å². The molecule has 3 rings (SSSR count). The van der Waals surface area contributed by atoms with Crippen LogP contribution in [0, 0.1) is 0 Å². The van der Waals surface area contributed by atoms with Gasteiger partial charge < -0.3 is 5.32 Å². The van der Waals surface area contributed by atoms with Gasteiger partial charge in [0.05, 0.1) is 6.04 Å². The molecule has 2 atom stereocenters. The molecule has 0 aliphatic carbocycles. The average Bonchev–Trinajstić information content (AvgIpc) is 2.59. The second-order valence-electron chi connectivity index (χ2n) is 6.67. The lowest BCUT2D eigenvalue weighted by molar-refractivity contribution is -0.127. The summed E-state index contributed by atoms with van der Waals surface area (Å²) in [6.07, 6.45) is 3.91. The van der Waals surface area contributed by atoms with E-state index in [-0.39, 0.29) is 11.9 Å². The van der Waals surface area contributed by atoms with Crippen molar-refractivity contribution in [1.29, 1.82) is 0 Å². The van der Waals surface area contributed by atoms with Crippen LogP contribution in [-0.2, 0) is 11.3 Å². The van der Waals surface area contributed by atoms with Crippen molar-refractivity contribution in [2.24, 2.45) is 0 Å². The SMILES string of the molecule is C[C@H](C(=O)NCc1ccccc1Cl)N1CCN2CCCC[C@@H]2C1. The molecule has 0 aromatic heterocycles. The predicted molar refractivity (Wildman–Crippen MR) is 93.5 cm³/mol. The summed E-state index contributed by atoms with van der Waals surface area (Å²) in [5, 5.41) is 3.74. The third kappa shape index (κ3) is 4.06. The minimum atomic E-state index is -0.0819. The maximum atomic E-state index is 12.5. The topological polar surface area (TPSA) is 35.6 Å². The molecule has 5 heteroatoms. The van der Waals surface area contributed by atoms with Gasteiger partial charge in [-0.05, 0) is 37.9 Å². The molecule has 0 bridgehead atoms. The van der Waals surface area contributed by atoms with Gasteiger partial charge in [-0.15, -0.1) is 0 Å². The maximum Gasteiger partial charge on any atom is 0.237 e. The summed E-state index contributed by atoms with van der Waals surface area (Å²) in [4.78, 5) is 17.4. The number of benzene rings is 1. The van der Waals surface area contributed by atoms with Gasteiger partial charge in [0.2, 0.25) is 5.91 Å². The van der Waals surface area contributed by atoms with Gasteiger partial charge in [-0.2, -0.15) is 0 Å². The van der Waals surface area contributed by atoms with Crippen LogP contribution in [0.2, 0.25) is 5.02 Å². The Labute approximate surface area is 143 Å². The number of amides is 1. The van der Waals surface area contributed by atoms with Crippen molar-refractivity contribution in [3.8, 4) is 0 Å². The van der Waals surface area contributed by atoms with Gasteiger partial charge in [-0.1, -0.05) is 36.2 Å². The fourth-order valence-corrected chi connectivity index (χ4v) is 3.87. The highest BCUT2D eigenvalue weighted by Crippen LogP contribution is 2.22. The monoisotopic (exact) mass is 335 g/mol. The molecule has 1 aromatic rings. The van der Waals surface area contributed by atoms with E-state index in [1.54, 1.807) is 0 Å². The molecule has 0 saturated carbocycles. The lowest BCUT2D eigenvalue weighted by atomic mass is 9.98. The van der Waals surface area contributed by atoms with E-state index in [1.807, 2.05) is 31.2 Å². The van der Waals surface area contributed by atoms with E-state index >= 15 is 0 Å². The molecule has 2 fully saturated rings. The van der Waals surface area contributed by atoms with Crippen LogP contribution in [0.5, 0.6) is 0 Å². The summed E-state index contributed by atoms with van der Waals surface area (Å²) in [5.41, 5.74) is 0.965. The number of piperidine rings is 1. The van der Waals surface area contributed by atoms with E-state index in [0.717, 1.165) is 25.2 Å². The van der Waals surface area contributed by atoms with Gasteiger partial charge >= 0.3 is 0 Å². The first-order valence-corrected chi connectivity index (χ1v) is 9.02. The standard InChI is InChI=1S/C18H26ClN3O/c1-14(18(23)20-12-15-6-2-3-8-17(15)19)22-11-10-21-9-5-4-7-16(21)13-22/h2-3,6,8,14,16H,4-5,7,9-13H2,1H3,(H,20,23)/t14-,16-/m1/s1. The van der Waals surface area contributed by atoms with E-state index in [1.165, 1.54) is 25.8 Å². The summed E-state index contributed by atoms with van der Waals surface area (Å²) in [6, 6.07) is 8.21. The molecule has 1 N–H and O–H groups in total. The Bertz CT molecular complexity index is 551. The number of fused-ring (bicyclic) bond motifs is 1. The molecular weight excluding hydrogens is 310 g/mol. The molecule has 1 aromatic carbocycles. The van der Waals surface area contributed by atoms with Crippen LogP contribution >= 0.6 is 11.6 Å². The van der Waals surface area contributed by atoms with Gasteiger partial charge in [0.1, 0.15) is 0 Å². The molecule has 0 unspecified atom stereocenters. The molecule has 2 aliphatic rings. The molecule has 0 radical (unpaired) electrons. The Morgan fingerprint density at radius 2 is 2.13 bits per heavy atom. The number of carbonyl (C=O) groups excluding carboxylic acids is 1. The number of rotatable bonds is 4. The fourth-order valence-electron chi connectivity index (χ4n) is 3.67. The molecule has 126 valence electrons. The zero-order valence-electron chi connectivity index (χ0n) is 13.8. The van der Waals surface area contributed by atoms with Crippen molar-refractivity contribution in [3.63, 3.8) is 0 Å². The Morgan fingerprint density at radius 1 is 1.30 bits per heavy atom. The fraction of sp³-hybridized carbons (Fsp3) is 0.611. The van der Waals surface area contributed by atoms with Gasteiger partial charge in [-0.25, -0.2) is 0 Å². The van der Waals surface area contributed by atoms with E-state index in [9.17, 15) is 4.79 Å². The van der Waals surface area contributed by atoms with Gasteiger partial charge in [-0.3, -0.25) is 14.6 Å². The maximum absolute atomic E-state index is 12.5. The van der Waals surface area contributed by atoms with Crippen molar-refractivity contribution in [3.05, 3.63) is 34.9 Å². The Kier molecular flexibility index (Phi) is 5.57. The first-order chi connectivity index (χ1) is 11.1. The highest BCUT2D eigenvalue weighted by Gasteiger charge is 2.32. The van der Waals surface area contributed by atoms with Crippen molar-refractivity contribution in [2.45, 2.75) is 44.8 Å². The Morgan fingerprint density at radius 3 is 2.96 bits per heavy atom. The molecule has 2 heterocycles. The summed E-state index contributed by atoms with van der Waals surface area (Å²) in [7, 11) is 0. The van der Waals surface area contributed by atoms with Crippen molar-refractivity contribution >= 4 is 17.5 Å². The number of nitrogens with one attached hydrogen (secondary N) is 1. The van der Waals surface area contributed by atoms with Crippen LogP contribution in [0.3, 0.4) is 0 Å². The Balaban J connectivity index is 1.52. The third-order valence-electron chi connectivity index (χ3n) is 5.21. The van der Waals surface area contributed by atoms with Crippen LogP contribution in [0.15, 0.2) is 24.3 Å². The molecule has 2 aliphatic heterocycles. The van der Waals surface area contributed by atoms with Crippen molar-refractivity contribution in [1.82, 2.24) is 15.1 Å². The highest BCUT2D eigenvalue weighted by atomic mass is 35.5. The molecule has 1 amide bonds. The number of carbonyl (C=O) groups is 1. The quantitative estimate of drug-likeness (QED) is 0.918. The zero-order chi connectivity index (χ0) is 16.2. The summed E-state index contributed by atoms with van der Waals surface area (Å²) in [6.45, 7) is 6.82. The molecule has 23 heavy (non-hydrogen) atoms. The number of piperazine rings is 1. The second-order valence-corrected chi connectivity index (χ2v) is 7.07. The second kappa shape index (κ2) is 7.65. The number of hydrogen-bond acceptors (Lipinski definition) is 3. The smallest absolute Gasteiger partial charge is 0.237 e. The number of hydrogen-bond donors (Lipinski definition) is 1. The van der Waals surface area contributed by atoms with Crippen LogP contribution < -0.4 is 5.32 Å². The molecule has 0 spiro atoms. The normalized spacial score (nSPS) is 24.0. The van der Waals surface area contributed by atoms with Crippen LogP contribution in [-0.4, -0.2) is 54.0 Å². The van der Waals surface area contributed by atoms with Gasteiger partial charge in [0.15, 0.2) is 0 Å². The Hall–Kier alpha value is -1.10. The molecule has 2 saturated heterocycles. The molecule has 4 nitrogen and oxygen atoms in total. The van der Waals surface area contributed by atoms with E-state index in [0.29, 0.717) is 17.6 Å². The summed E-state index contributed by atoms with van der Waals surface area (Å²) < 4.78 is 0. The van der Waals surface area contributed by atoms with Crippen LogP contribution in [0.25, 0.3) is 0 Å². The highest BCUT2D eigenvalue weighted by molar-refractivity contribution is 6.31. The van der Waals surface area contributed by atoms with Crippen LogP contribution in [0.1, 0.15) is 31.7 Å². The lowest BCUT2D eigenvalue weighted by Crippen LogP contribution is -2.59. The first-order valence-electron chi connectivity index (χ1n) is 8.64. The van der Waals surface area contributed by atoms with E-state index in [4.69, 9.17) is 11.6 Å². The van der Waals surface area contributed by atoms with E-state index < -0.39 is 0 Å². The van der Waals surface area contributed by atoms with Gasteiger partial charge in [0, 0.05) is 37.2 Å². The number of nitrogens with zero attached hydrogens (tertiary/aromatic N) is 2. The third-order valence-corrected chi connectivity index (χ3v) is 5.58. The van der Waals surface area contributed by atoms with Crippen molar-refractivity contribution < 1.29 is 4.79 Å². The zero-order valence-corrected chi connectivity index (χ0v) is 14.6. The average molecular weight is 336 g/mol. The minimum absolute atomic E-state index is 0.0819. The van der Waals surface area contributed by atoms with Gasteiger partial charge in [0.25, 0.3) is 0 Å². The summed E-state index contributed by atoms with van der Waals surface area (Å²) >= 11 is 6.15.